The predicted molar refractivity (Wildman–Crippen MR) is 111 cm³/mol. The average molecular weight is 390 g/mol. The number of rotatable bonds is 6. The van der Waals surface area contributed by atoms with Gasteiger partial charge < -0.3 is 15.5 Å². The fraction of sp³-hybridized carbons (Fsp3) is 0.500. The minimum atomic E-state index is -0.176. The molecular weight excluding hydrogens is 361 g/mol. The Bertz CT molecular complexity index is 752. The zero-order chi connectivity index (χ0) is 19.1. The summed E-state index contributed by atoms with van der Waals surface area (Å²) in [7, 11) is 0. The number of aliphatic imine (C=N–C) groups is 1. The summed E-state index contributed by atoms with van der Waals surface area (Å²) in [5.41, 5.74) is 0.966. The molecule has 0 radical (unpaired) electrons. The smallest absolute Gasteiger partial charge is 0.191 e. The Morgan fingerprint density at radius 2 is 2.19 bits per heavy atom. The predicted octanol–water partition coefficient (Wildman–Crippen LogP) is 3.36. The zero-order valence-corrected chi connectivity index (χ0v) is 16.9. The molecule has 146 valence electrons. The molecule has 27 heavy (non-hydrogen) atoms. The highest BCUT2D eigenvalue weighted by Gasteiger charge is 2.20. The average Bonchev–Trinajstić information content (AvgIpc) is 3.08. The normalized spacial score (nSPS) is 15.8. The Labute approximate surface area is 164 Å². The van der Waals surface area contributed by atoms with E-state index in [1.807, 2.05) is 12.3 Å². The lowest BCUT2D eigenvalue weighted by Crippen LogP contribution is -2.48. The molecule has 1 aliphatic rings. The van der Waals surface area contributed by atoms with Crippen LogP contribution >= 0.6 is 11.3 Å². The number of piperidine rings is 1. The highest BCUT2D eigenvalue weighted by molar-refractivity contribution is 7.11. The van der Waals surface area contributed by atoms with Crippen LogP contribution in [0.1, 0.15) is 29.7 Å². The van der Waals surface area contributed by atoms with Crippen molar-refractivity contribution in [3.63, 3.8) is 0 Å². The largest absolute Gasteiger partial charge is 0.371 e. The number of guanidine groups is 1. The van der Waals surface area contributed by atoms with Crippen LogP contribution in [0.5, 0.6) is 0 Å². The summed E-state index contributed by atoms with van der Waals surface area (Å²) in [6.07, 6.45) is 4.80. The van der Waals surface area contributed by atoms with E-state index in [0.29, 0.717) is 6.04 Å². The summed E-state index contributed by atoms with van der Waals surface area (Å²) in [6.45, 7) is 7.55. The van der Waals surface area contributed by atoms with Gasteiger partial charge in [0.1, 0.15) is 5.82 Å². The number of thiazole rings is 1. The third-order valence-electron chi connectivity index (χ3n) is 4.62. The minimum absolute atomic E-state index is 0.176. The molecule has 1 saturated heterocycles. The van der Waals surface area contributed by atoms with Gasteiger partial charge in [0.15, 0.2) is 5.96 Å². The summed E-state index contributed by atoms with van der Waals surface area (Å²) in [4.78, 5) is 12.6. The number of aromatic nitrogens is 1. The highest BCUT2D eigenvalue weighted by Crippen LogP contribution is 2.20. The number of nitrogens with zero attached hydrogens (tertiary/aromatic N) is 3. The second-order valence-corrected chi connectivity index (χ2v) is 8.08. The fourth-order valence-corrected chi connectivity index (χ4v) is 4.02. The molecule has 5 nitrogen and oxygen atoms in total. The Balaban J connectivity index is 1.49. The summed E-state index contributed by atoms with van der Waals surface area (Å²) in [5, 5.41) is 8.02. The van der Waals surface area contributed by atoms with Crippen molar-refractivity contribution < 1.29 is 4.39 Å². The van der Waals surface area contributed by atoms with Crippen LogP contribution in [-0.2, 0) is 6.42 Å². The molecule has 2 heterocycles. The van der Waals surface area contributed by atoms with Gasteiger partial charge in [0.2, 0.25) is 0 Å². The topological polar surface area (TPSA) is 52.6 Å². The summed E-state index contributed by atoms with van der Waals surface area (Å²) < 4.78 is 13.4. The van der Waals surface area contributed by atoms with Crippen LogP contribution < -0.4 is 15.5 Å². The molecule has 1 fully saturated rings. The first-order chi connectivity index (χ1) is 13.1. The van der Waals surface area contributed by atoms with Crippen LogP contribution in [0.25, 0.3) is 0 Å². The minimum Gasteiger partial charge on any atom is -0.371 e. The molecule has 0 bridgehead atoms. The van der Waals surface area contributed by atoms with E-state index in [9.17, 15) is 4.39 Å². The molecule has 2 aromatic rings. The molecule has 0 unspecified atom stereocenters. The summed E-state index contributed by atoms with van der Waals surface area (Å²) in [5.74, 6) is 0.694. The fourth-order valence-electron chi connectivity index (χ4n) is 3.25. The van der Waals surface area contributed by atoms with E-state index in [-0.39, 0.29) is 5.82 Å². The lowest BCUT2D eigenvalue weighted by Gasteiger charge is -2.34. The van der Waals surface area contributed by atoms with Gasteiger partial charge in [0.05, 0.1) is 5.01 Å². The third-order valence-corrected chi connectivity index (χ3v) is 5.59. The third kappa shape index (κ3) is 5.92. The molecule has 1 aliphatic heterocycles. The van der Waals surface area contributed by atoms with E-state index in [4.69, 9.17) is 4.99 Å². The number of anilines is 1. The summed E-state index contributed by atoms with van der Waals surface area (Å²) >= 11 is 1.73. The number of hydrogen-bond donors (Lipinski definition) is 2. The molecule has 0 aliphatic carbocycles. The van der Waals surface area contributed by atoms with E-state index in [1.54, 1.807) is 23.5 Å². The Hall–Kier alpha value is -2.15. The molecule has 0 atom stereocenters. The van der Waals surface area contributed by atoms with E-state index in [0.717, 1.165) is 62.1 Å². The lowest BCUT2D eigenvalue weighted by molar-refractivity contribution is 0.461. The summed E-state index contributed by atoms with van der Waals surface area (Å²) in [6, 6.07) is 7.23. The van der Waals surface area contributed by atoms with Crippen LogP contribution in [0.15, 0.2) is 35.5 Å². The maximum atomic E-state index is 13.4. The second-order valence-electron chi connectivity index (χ2n) is 6.76. The van der Waals surface area contributed by atoms with Crippen LogP contribution in [0.2, 0.25) is 0 Å². The number of halogens is 1. The molecule has 2 N–H and O–H groups in total. The molecule has 3 rings (SSSR count). The lowest BCUT2D eigenvalue weighted by atomic mass is 10.0. The van der Waals surface area contributed by atoms with Gasteiger partial charge in [-0.3, -0.25) is 4.99 Å². The van der Waals surface area contributed by atoms with Crippen molar-refractivity contribution in [1.29, 1.82) is 0 Å². The Morgan fingerprint density at radius 3 is 2.85 bits per heavy atom. The van der Waals surface area contributed by atoms with Gasteiger partial charge in [-0.1, -0.05) is 6.07 Å². The maximum Gasteiger partial charge on any atom is 0.191 e. The van der Waals surface area contributed by atoms with E-state index >= 15 is 0 Å². The van der Waals surface area contributed by atoms with Crippen molar-refractivity contribution in [3.8, 4) is 0 Å². The van der Waals surface area contributed by atoms with Crippen molar-refractivity contribution in [1.82, 2.24) is 15.6 Å². The monoisotopic (exact) mass is 389 g/mol. The van der Waals surface area contributed by atoms with Crippen molar-refractivity contribution in [2.75, 3.05) is 31.1 Å². The maximum absolute atomic E-state index is 13.4. The van der Waals surface area contributed by atoms with Gasteiger partial charge in [-0.15, -0.1) is 11.3 Å². The van der Waals surface area contributed by atoms with E-state index in [1.165, 1.54) is 10.9 Å². The van der Waals surface area contributed by atoms with Crippen molar-refractivity contribution in [2.24, 2.45) is 4.99 Å². The van der Waals surface area contributed by atoms with Crippen molar-refractivity contribution in [3.05, 3.63) is 46.2 Å². The van der Waals surface area contributed by atoms with Crippen molar-refractivity contribution in [2.45, 2.75) is 39.2 Å². The van der Waals surface area contributed by atoms with E-state index in [2.05, 4.69) is 34.4 Å². The molecule has 0 spiro atoms. The number of aryl methyl sites for hydroxylation is 1. The zero-order valence-electron chi connectivity index (χ0n) is 16.0. The van der Waals surface area contributed by atoms with Gasteiger partial charge in [-0.25, -0.2) is 9.37 Å². The quantitative estimate of drug-likeness (QED) is 0.588. The Morgan fingerprint density at radius 1 is 1.37 bits per heavy atom. The number of nitrogens with one attached hydrogen (secondary N) is 2. The molecule has 0 saturated carbocycles. The highest BCUT2D eigenvalue weighted by atomic mass is 32.1. The first-order valence-electron chi connectivity index (χ1n) is 9.60. The van der Waals surface area contributed by atoms with Crippen molar-refractivity contribution >= 4 is 23.0 Å². The molecule has 1 aromatic heterocycles. The van der Waals surface area contributed by atoms with Gasteiger partial charge in [0.25, 0.3) is 0 Å². The van der Waals surface area contributed by atoms with Crippen LogP contribution in [0, 0.1) is 12.7 Å². The Kier molecular flexibility index (Phi) is 7.04. The van der Waals surface area contributed by atoms with Gasteiger partial charge >= 0.3 is 0 Å². The van der Waals surface area contributed by atoms with Crippen LogP contribution in [-0.4, -0.2) is 43.2 Å². The van der Waals surface area contributed by atoms with Gasteiger partial charge in [-0.2, -0.15) is 0 Å². The van der Waals surface area contributed by atoms with Crippen LogP contribution in [0.4, 0.5) is 10.1 Å². The SMILES string of the molecule is CCNC(=NCCc1ncc(C)s1)NC1CCN(c2cccc(F)c2)CC1. The first-order valence-corrected chi connectivity index (χ1v) is 10.4. The molecule has 0 amide bonds. The van der Waals surface area contributed by atoms with Crippen LogP contribution in [0.3, 0.4) is 0 Å². The number of benzene rings is 1. The van der Waals surface area contributed by atoms with Gasteiger partial charge in [-0.05, 0) is 44.9 Å². The molecular formula is C20H28FN5S. The molecule has 1 aromatic carbocycles. The number of hydrogen-bond acceptors (Lipinski definition) is 4. The molecule has 7 heteroatoms. The first kappa shape index (κ1) is 19.6. The van der Waals surface area contributed by atoms with E-state index < -0.39 is 0 Å². The standard InChI is InChI=1S/C20H28FN5S/c1-3-22-20(23-10-7-19-24-14-15(2)27-19)25-17-8-11-26(12-9-17)18-6-4-5-16(21)13-18/h4-6,13-14,17H,3,7-12H2,1-2H3,(H2,22,23,25). The second kappa shape index (κ2) is 9.69. The van der Waals surface area contributed by atoms with Gasteiger partial charge in [0, 0.05) is 55.4 Å².